The van der Waals surface area contributed by atoms with Gasteiger partial charge >= 0.3 is 0 Å². The van der Waals surface area contributed by atoms with E-state index in [2.05, 4.69) is 0 Å². The molecule has 3 heteroatoms. The third kappa shape index (κ3) is 1.37. The molecule has 3 N–H and O–H groups in total. The van der Waals surface area contributed by atoms with Crippen LogP contribution in [-0.2, 0) is 0 Å². The molecule has 1 heterocycles. The Morgan fingerprint density at radius 3 is 2.64 bits per heavy atom. The quantitative estimate of drug-likeness (QED) is 0.772. The molecule has 14 heavy (non-hydrogen) atoms. The van der Waals surface area contributed by atoms with Gasteiger partial charge < -0.3 is 15.3 Å². The van der Waals surface area contributed by atoms with Crippen molar-refractivity contribution in [1.29, 1.82) is 0 Å². The summed E-state index contributed by atoms with van der Waals surface area (Å²) in [4.78, 5) is 0. The van der Waals surface area contributed by atoms with Gasteiger partial charge in [-0.1, -0.05) is 6.42 Å². The lowest BCUT2D eigenvalue weighted by Gasteiger charge is -2.44. The SMILES string of the molecule is Cc1ccc(C(N)C2(CO)CCC2)o1. The molecule has 1 fully saturated rings. The van der Waals surface area contributed by atoms with Crippen LogP contribution in [0.3, 0.4) is 0 Å². The molecule has 1 atom stereocenters. The van der Waals surface area contributed by atoms with Crippen molar-refractivity contribution < 1.29 is 9.52 Å². The van der Waals surface area contributed by atoms with Crippen LogP contribution in [0.5, 0.6) is 0 Å². The summed E-state index contributed by atoms with van der Waals surface area (Å²) in [6.45, 7) is 2.07. The first-order chi connectivity index (χ1) is 6.68. The first kappa shape index (κ1) is 9.74. The van der Waals surface area contributed by atoms with Gasteiger partial charge in [-0.3, -0.25) is 0 Å². The van der Waals surface area contributed by atoms with Gasteiger partial charge in [0.05, 0.1) is 12.6 Å². The van der Waals surface area contributed by atoms with Gasteiger partial charge in [0, 0.05) is 5.41 Å². The lowest BCUT2D eigenvalue weighted by Crippen LogP contribution is -2.43. The fraction of sp³-hybridized carbons (Fsp3) is 0.636. The van der Waals surface area contributed by atoms with E-state index in [1.54, 1.807) is 0 Å². The minimum absolute atomic E-state index is 0.121. The van der Waals surface area contributed by atoms with Crippen LogP contribution >= 0.6 is 0 Å². The van der Waals surface area contributed by atoms with E-state index in [0.29, 0.717) is 0 Å². The Morgan fingerprint density at radius 2 is 2.29 bits per heavy atom. The zero-order valence-corrected chi connectivity index (χ0v) is 8.49. The van der Waals surface area contributed by atoms with Crippen molar-refractivity contribution in [2.24, 2.45) is 11.1 Å². The van der Waals surface area contributed by atoms with E-state index in [1.807, 2.05) is 19.1 Å². The van der Waals surface area contributed by atoms with Crippen molar-refractivity contribution in [1.82, 2.24) is 0 Å². The number of hydrogen-bond donors (Lipinski definition) is 2. The smallest absolute Gasteiger partial charge is 0.121 e. The zero-order valence-electron chi connectivity index (χ0n) is 8.49. The fourth-order valence-electron chi connectivity index (χ4n) is 2.12. The van der Waals surface area contributed by atoms with Crippen LogP contribution in [0.15, 0.2) is 16.5 Å². The van der Waals surface area contributed by atoms with E-state index in [1.165, 1.54) is 0 Å². The number of nitrogens with two attached hydrogens (primary N) is 1. The normalized spacial score (nSPS) is 21.6. The molecule has 1 aromatic rings. The summed E-state index contributed by atoms with van der Waals surface area (Å²) in [5.74, 6) is 1.68. The average Bonchev–Trinajstić information content (AvgIpc) is 2.50. The molecule has 2 rings (SSSR count). The summed E-state index contributed by atoms with van der Waals surface area (Å²) in [7, 11) is 0. The van der Waals surface area contributed by atoms with Crippen molar-refractivity contribution in [3.63, 3.8) is 0 Å². The summed E-state index contributed by atoms with van der Waals surface area (Å²) < 4.78 is 5.49. The molecule has 0 bridgehead atoms. The second kappa shape index (κ2) is 3.41. The van der Waals surface area contributed by atoms with Gasteiger partial charge in [0.2, 0.25) is 0 Å². The summed E-state index contributed by atoms with van der Waals surface area (Å²) in [6.07, 6.45) is 3.17. The molecule has 3 nitrogen and oxygen atoms in total. The van der Waals surface area contributed by atoms with E-state index in [-0.39, 0.29) is 18.1 Å². The molecule has 1 saturated carbocycles. The molecule has 0 radical (unpaired) electrons. The monoisotopic (exact) mass is 195 g/mol. The van der Waals surface area contributed by atoms with Crippen LogP contribution in [0.2, 0.25) is 0 Å². The van der Waals surface area contributed by atoms with Gasteiger partial charge in [-0.25, -0.2) is 0 Å². The van der Waals surface area contributed by atoms with Crippen molar-refractivity contribution in [3.8, 4) is 0 Å². The Labute approximate surface area is 83.9 Å². The first-order valence-electron chi connectivity index (χ1n) is 5.11. The van der Waals surface area contributed by atoms with Crippen LogP contribution in [-0.4, -0.2) is 11.7 Å². The van der Waals surface area contributed by atoms with Gasteiger partial charge in [-0.15, -0.1) is 0 Å². The second-order valence-electron chi connectivity index (χ2n) is 4.30. The molecule has 1 unspecified atom stereocenters. The largest absolute Gasteiger partial charge is 0.465 e. The minimum Gasteiger partial charge on any atom is -0.465 e. The Bertz CT molecular complexity index is 309. The van der Waals surface area contributed by atoms with Crippen molar-refractivity contribution in [3.05, 3.63) is 23.7 Å². The number of aliphatic hydroxyl groups excluding tert-OH is 1. The molecule has 1 aromatic heterocycles. The Balaban J connectivity index is 2.18. The molecule has 0 saturated heterocycles. The molecular weight excluding hydrogens is 178 g/mol. The van der Waals surface area contributed by atoms with Crippen LogP contribution in [0.25, 0.3) is 0 Å². The highest BCUT2D eigenvalue weighted by Gasteiger charge is 2.43. The van der Waals surface area contributed by atoms with E-state index in [0.717, 1.165) is 30.8 Å². The molecule has 0 aromatic carbocycles. The second-order valence-corrected chi connectivity index (χ2v) is 4.30. The number of rotatable bonds is 3. The standard InChI is InChI=1S/C11H17NO2/c1-8-3-4-9(14-8)10(12)11(7-13)5-2-6-11/h3-4,10,13H,2,5-7,12H2,1H3. The van der Waals surface area contributed by atoms with Crippen molar-refractivity contribution in [2.75, 3.05) is 6.61 Å². The fourth-order valence-corrected chi connectivity index (χ4v) is 2.12. The predicted octanol–water partition coefficient (Wildman–Crippen LogP) is 1.75. The Kier molecular flexibility index (Phi) is 2.37. The molecule has 0 amide bonds. The van der Waals surface area contributed by atoms with E-state index in [4.69, 9.17) is 10.2 Å². The van der Waals surface area contributed by atoms with E-state index in [9.17, 15) is 5.11 Å². The lowest BCUT2D eigenvalue weighted by molar-refractivity contribution is 0.0118. The number of hydrogen-bond acceptors (Lipinski definition) is 3. The third-order valence-corrected chi connectivity index (χ3v) is 3.39. The number of aliphatic hydroxyl groups is 1. The van der Waals surface area contributed by atoms with Gasteiger partial charge in [0.15, 0.2) is 0 Å². The van der Waals surface area contributed by atoms with Gasteiger partial charge in [0.1, 0.15) is 11.5 Å². The maximum Gasteiger partial charge on any atom is 0.121 e. The van der Waals surface area contributed by atoms with Crippen LogP contribution in [0.4, 0.5) is 0 Å². The highest BCUT2D eigenvalue weighted by atomic mass is 16.3. The Morgan fingerprint density at radius 1 is 1.57 bits per heavy atom. The zero-order chi connectivity index (χ0) is 10.2. The molecular formula is C11H17NO2. The summed E-state index contributed by atoms with van der Waals surface area (Å²) >= 11 is 0. The number of furan rings is 1. The van der Waals surface area contributed by atoms with Crippen LogP contribution in [0.1, 0.15) is 36.8 Å². The van der Waals surface area contributed by atoms with Crippen LogP contribution < -0.4 is 5.73 Å². The molecule has 0 spiro atoms. The average molecular weight is 195 g/mol. The molecule has 1 aliphatic rings. The first-order valence-corrected chi connectivity index (χ1v) is 5.11. The molecule has 1 aliphatic carbocycles. The Hall–Kier alpha value is -0.800. The van der Waals surface area contributed by atoms with Gasteiger partial charge in [-0.2, -0.15) is 0 Å². The minimum atomic E-state index is -0.157. The lowest BCUT2D eigenvalue weighted by atomic mass is 9.64. The van der Waals surface area contributed by atoms with Crippen LogP contribution in [0, 0.1) is 12.3 Å². The summed E-state index contributed by atoms with van der Waals surface area (Å²) in [6, 6.07) is 3.67. The maximum absolute atomic E-state index is 9.35. The topological polar surface area (TPSA) is 59.4 Å². The van der Waals surface area contributed by atoms with Gasteiger partial charge in [0.25, 0.3) is 0 Å². The molecule has 78 valence electrons. The van der Waals surface area contributed by atoms with E-state index < -0.39 is 0 Å². The third-order valence-electron chi connectivity index (χ3n) is 3.39. The van der Waals surface area contributed by atoms with E-state index >= 15 is 0 Å². The summed E-state index contributed by atoms with van der Waals surface area (Å²) in [5, 5.41) is 9.35. The molecule has 0 aliphatic heterocycles. The highest BCUT2D eigenvalue weighted by molar-refractivity contribution is 5.14. The maximum atomic E-state index is 9.35. The number of aryl methyl sites for hydroxylation is 1. The van der Waals surface area contributed by atoms with Gasteiger partial charge in [-0.05, 0) is 31.9 Å². The van der Waals surface area contributed by atoms with Crippen molar-refractivity contribution >= 4 is 0 Å². The van der Waals surface area contributed by atoms with Crippen molar-refractivity contribution in [2.45, 2.75) is 32.2 Å². The predicted molar refractivity (Wildman–Crippen MR) is 53.7 cm³/mol. The summed E-state index contributed by atoms with van der Waals surface area (Å²) in [5.41, 5.74) is 5.98. The highest BCUT2D eigenvalue weighted by Crippen LogP contribution is 2.48.